The number of aromatic amines is 1. The number of nitrogens with one attached hydrogen (secondary N) is 2. The smallest absolute Gasteiger partial charge is 0.229 e. The zero-order valence-electron chi connectivity index (χ0n) is 10.9. The Hall–Kier alpha value is -1.36. The van der Waals surface area contributed by atoms with Crippen LogP contribution >= 0.6 is 0 Å². The molecule has 4 N–H and O–H groups in total. The van der Waals surface area contributed by atoms with Crippen LogP contribution in [0.5, 0.6) is 0 Å². The van der Waals surface area contributed by atoms with Gasteiger partial charge in [-0.3, -0.25) is 9.89 Å². The SMILES string of the molecule is CC(CN)C(=O)Nc1cc(C2CCCCC2)[nH]n1. The van der Waals surface area contributed by atoms with Crippen molar-refractivity contribution in [3.05, 3.63) is 11.8 Å². The highest BCUT2D eigenvalue weighted by Gasteiger charge is 2.19. The fourth-order valence-corrected chi connectivity index (χ4v) is 2.38. The van der Waals surface area contributed by atoms with Crippen LogP contribution in [0.15, 0.2) is 6.07 Å². The van der Waals surface area contributed by atoms with Crippen molar-refractivity contribution in [3.63, 3.8) is 0 Å². The van der Waals surface area contributed by atoms with E-state index >= 15 is 0 Å². The maximum atomic E-state index is 11.7. The van der Waals surface area contributed by atoms with Crippen LogP contribution in [0.3, 0.4) is 0 Å². The number of H-pyrrole nitrogens is 1. The summed E-state index contributed by atoms with van der Waals surface area (Å²) in [5, 5.41) is 9.98. The molecule has 0 bridgehead atoms. The second kappa shape index (κ2) is 6.00. The molecule has 1 fully saturated rings. The van der Waals surface area contributed by atoms with Crippen LogP contribution in [0.1, 0.15) is 50.6 Å². The van der Waals surface area contributed by atoms with Gasteiger partial charge in [0.1, 0.15) is 0 Å². The van der Waals surface area contributed by atoms with E-state index in [2.05, 4.69) is 15.5 Å². The molecule has 0 radical (unpaired) electrons. The van der Waals surface area contributed by atoms with Crippen LogP contribution < -0.4 is 11.1 Å². The number of nitrogens with zero attached hydrogens (tertiary/aromatic N) is 1. The quantitative estimate of drug-likeness (QED) is 0.764. The zero-order chi connectivity index (χ0) is 13.0. The van der Waals surface area contributed by atoms with Crippen LogP contribution in [0.4, 0.5) is 5.82 Å². The number of anilines is 1. The van der Waals surface area contributed by atoms with Crippen molar-refractivity contribution in [1.82, 2.24) is 10.2 Å². The molecule has 0 spiro atoms. The van der Waals surface area contributed by atoms with Gasteiger partial charge in [0.15, 0.2) is 5.82 Å². The Bertz CT molecular complexity index is 395. The van der Waals surface area contributed by atoms with Crippen LogP contribution in [0, 0.1) is 5.92 Å². The first-order valence-corrected chi connectivity index (χ1v) is 6.77. The Morgan fingerprint density at radius 2 is 2.28 bits per heavy atom. The molecule has 1 aliphatic rings. The Morgan fingerprint density at radius 1 is 1.56 bits per heavy atom. The third kappa shape index (κ3) is 3.10. The summed E-state index contributed by atoms with van der Waals surface area (Å²) in [5.41, 5.74) is 6.60. The molecule has 2 rings (SSSR count). The lowest BCUT2D eigenvalue weighted by Crippen LogP contribution is -2.26. The molecular formula is C13H22N4O. The number of nitrogens with two attached hydrogens (primary N) is 1. The predicted octanol–water partition coefficient (Wildman–Crippen LogP) is 1.99. The number of aromatic nitrogens is 2. The second-order valence-electron chi connectivity index (χ2n) is 5.17. The lowest BCUT2D eigenvalue weighted by molar-refractivity contribution is -0.119. The minimum atomic E-state index is -0.181. The lowest BCUT2D eigenvalue weighted by atomic mass is 9.87. The van der Waals surface area contributed by atoms with Gasteiger partial charge in [-0.1, -0.05) is 26.2 Å². The summed E-state index contributed by atoms with van der Waals surface area (Å²) in [7, 11) is 0. The Balaban J connectivity index is 1.95. The molecule has 0 aliphatic heterocycles. The van der Waals surface area contributed by atoms with Gasteiger partial charge in [-0.2, -0.15) is 5.10 Å². The highest BCUT2D eigenvalue weighted by molar-refractivity contribution is 5.91. The molecule has 1 unspecified atom stereocenters. The molecule has 5 nitrogen and oxygen atoms in total. The second-order valence-corrected chi connectivity index (χ2v) is 5.17. The predicted molar refractivity (Wildman–Crippen MR) is 71.3 cm³/mol. The highest BCUT2D eigenvalue weighted by Crippen LogP contribution is 2.32. The summed E-state index contributed by atoms with van der Waals surface area (Å²) < 4.78 is 0. The van der Waals surface area contributed by atoms with Crippen molar-refractivity contribution in [3.8, 4) is 0 Å². The molecule has 1 amide bonds. The molecule has 5 heteroatoms. The van der Waals surface area contributed by atoms with Gasteiger partial charge >= 0.3 is 0 Å². The number of hydrogen-bond acceptors (Lipinski definition) is 3. The maximum absolute atomic E-state index is 11.7. The maximum Gasteiger partial charge on any atom is 0.229 e. The van der Waals surface area contributed by atoms with E-state index in [9.17, 15) is 4.79 Å². The van der Waals surface area contributed by atoms with Gasteiger partial charge in [0.2, 0.25) is 5.91 Å². The van der Waals surface area contributed by atoms with E-state index in [1.54, 1.807) is 0 Å². The van der Waals surface area contributed by atoms with Crippen LogP contribution in [0.25, 0.3) is 0 Å². The minimum absolute atomic E-state index is 0.0702. The number of amides is 1. The third-order valence-electron chi connectivity index (χ3n) is 3.70. The molecular weight excluding hydrogens is 228 g/mol. The van der Waals surface area contributed by atoms with E-state index in [1.807, 2.05) is 13.0 Å². The summed E-state index contributed by atoms with van der Waals surface area (Å²) in [6, 6.07) is 1.96. The molecule has 1 heterocycles. The molecule has 0 aromatic carbocycles. The van der Waals surface area contributed by atoms with E-state index in [0.717, 1.165) is 5.69 Å². The average molecular weight is 250 g/mol. The molecule has 1 aliphatic carbocycles. The number of hydrogen-bond donors (Lipinski definition) is 3. The van der Waals surface area contributed by atoms with Gasteiger partial charge in [0.05, 0.1) is 0 Å². The largest absolute Gasteiger partial charge is 0.330 e. The topological polar surface area (TPSA) is 83.8 Å². The molecule has 1 aromatic rings. The average Bonchev–Trinajstić information content (AvgIpc) is 2.87. The number of carbonyl (C=O) groups is 1. The summed E-state index contributed by atoms with van der Waals surface area (Å²) in [5.74, 6) is 0.934. The molecule has 18 heavy (non-hydrogen) atoms. The highest BCUT2D eigenvalue weighted by atomic mass is 16.1. The molecule has 1 atom stereocenters. The summed E-state index contributed by atoms with van der Waals surface area (Å²) in [6.07, 6.45) is 6.34. The number of rotatable bonds is 4. The third-order valence-corrected chi connectivity index (χ3v) is 3.70. The van der Waals surface area contributed by atoms with E-state index in [-0.39, 0.29) is 11.8 Å². The fourth-order valence-electron chi connectivity index (χ4n) is 2.38. The van der Waals surface area contributed by atoms with Crippen molar-refractivity contribution < 1.29 is 4.79 Å². The van der Waals surface area contributed by atoms with E-state index in [1.165, 1.54) is 32.1 Å². The first-order chi connectivity index (χ1) is 8.70. The Kier molecular flexibility index (Phi) is 4.36. The number of carbonyl (C=O) groups excluding carboxylic acids is 1. The van der Waals surface area contributed by atoms with Gasteiger partial charge in [-0.15, -0.1) is 0 Å². The van der Waals surface area contributed by atoms with E-state index < -0.39 is 0 Å². The van der Waals surface area contributed by atoms with Crippen molar-refractivity contribution in [2.24, 2.45) is 11.7 Å². The molecule has 1 aromatic heterocycles. The van der Waals surface area contributed by atoms with E-state index in [4.69, 9.17) is 5.73 Å². The summed E-state index contributed by atoms with van der Waals surface area (Å²) in [4.78, 5) is 11.7. The first kappa shape index (κ1) is 13.1. The molecule has 1 saturated carbocycles. The monoisotopic (exact) mass is 250 g/mol. The fraction of sp³-hybridized carbons (Fsp3) is 0.692. The molecule has 100 valence electrons. The summed E-state index contributed by atoms with van der Waals surface area (Å²) in [6.45, 7) is 2.16. The van der Waals surface area contributed by atoms with Crippen molar-refractivity contribution >= 4 is 11.7 Å². The first-order valence-electron chi connectivity index (χ1n) is 6.77. The Labute approximate surface area is 108 Å². The zero-order valence-corrected chi connectivity index (χ0v) is 10.9. The van der Waals surface area contributed by atoms with Crippen LogP contribution in [-0.2, 0) is 4.79 Å². The van der Waals surface area contributed by atoms with Gasteiger partial charge < -0.3 is 11.1 Å². The normalized spacial score (nSPS) is 18.6. The van der Waals surface area contributed by atoms with E-state index in [0.29, 0.717) is 18.3 Å². The van der Waals surface area contributed by atoms with Crippen LogP contribution in [-0.4, -0.2) is 22.6 Å². The van der Waals surface area contributed by atoms with Crippen molar-refractivity contribution in [2.45, 2.75) is 44.9 Å². The van der Waals surface area contributed by atoms with Gasteiger partial charge in [-0.25, -0.2) is 0 Å². The van der Waals surface area contributed by atoms with Crippen molar-refractivity contribution in [2.75, 3.05) is 11.9 Å². The molecule has 0 saturated heterocycles. The van der Waals surface area contributed by atoms with Crippen LogP contribution in [0.2, 0.25) is 0 Å². The minimum Gasteiger partial charge on any atom is -0.330 e. The van der Waals surface area contributed by atoms with Gasteiger partial charge in [-0.05, 0) is 12.8 Å². The van der Waals surface area contributed by atoms with Gasteiger partial charge in [0, 0.05) is 30.1 Å². The summed E-state index contributed by atoms with van der Waals surface area (Å²) >= 11 is 0. The van der Waals surface area contributed by atoms with Crippen molar-refractivity contribution in [1.29, 1.82) is 0 Å². The standard InChI is InChI=1S/C13H22N4O/c1-9(8-14)13(18)15-12-7-11(16-17-12)10-5-3-2-4-6-10/h7,9-10H,2-6,8,14H2,1H3,(H2,15,16,17,18). The Morgan fingerprint density at radius 3 is 2.94 bits per heavy atom. The van der Waals surface area contributed by atoms with Gasteiger partial charge in [0.25, 0.3) is 0 Å². The lowest BCUT2D eigenvalue weighted by Gasteiger charge is -2.19.